The lowest BCUT2D eigenvalue weighted by Gasteiger charge is -2.50. The smallest absolute Gasteiger partial charge is 0.247 e. The van der Waals surface area contributed by atoms with Crippen LogP contribution in [-0.4, -0.2) is 62.3 Å². The molecule has 37 heavy (non-hydrogen) atoms. The molecule has 0 radical (unpaired) electrons. The third kappa shape index (κ3) is 5.75. The van der Waals surface area contributed by atoms with Crippen LogP contribution in [0, 0.1) is 28.9 Å². The lowest BCUT2D eigenvalue weighted by atomic mass is 9.64. The average molecular weight is 536 g/mol. The Morgan fingerprint density at radius 3 is 2.76 bits per heavy atom. The topological polar surface area (TPSA) is 53.6 Å². The highest BCUT2D eigenvalue weighted by molar-refractivity contribution is 6.31. The number of halogens is 3. The molecule has 1 spiro atoms. The van der Waals surface area contributed by atoms with Gasteiger partial charge in [-0.2, -0.15) is 0 Å². The predicted octanol–water partition coefficient (Wildman–Crippen LogP) is 5.18. The zero-order valence-corrected chi connectivity index (χ0v) is 22.6. The van der Waals surface area contributed by atoms with Crippen LogP contribution >= 0.6 is 11.6 Å². The number of carbonyl (C=O) groups is 1. The minimum Gasteiger partial charge on any atom is -0.381 e. The monoisotopic (exact) mass is 535 g/mol. The fourth-order valence-electron chi connectivity index (χ4n) is 7.23. The average Bonchev–Trinajstić information content (AvgIpc) is 2.90. The van der Waals surface area contributed by atoms with Crippen LogP contribution in [0.1, 0.15) is 63.9 Å². The Morgan fingerprint density at radius 2 is 1.97 bits per heavy atom. The van der Waals surface area contributed by atoms with Gasteiger partial charge in [-0.15, -0.1) is 0 Å². The van der Waals surface area contributed by atoms with Gasteiger partial charge < -0.3 is 20.3 Å². The van der Waals surface area contributed by atoms with E-state index in [-0.39, 0.29) is 34.0 Å². The number of amides is 1. The molecule has 1 aromatic rings. The van der Waals surface area contributed by atoms with Gasteiger partial charge in [0.05, 0.1) is 10.6 Å². The van der Waals surface area contributed by atoms with Crippen molar-refractivity contribution in [2.45, 2.75) is 70.4 Å². The quantitative estimate of drug-likeness (QED) is 0.513. The Hall–Kier alpha value is -1.54. The van der Waals surface area contributed by atoms with Crippen LogP contribution in [0.5, 0.6) is 0 Å². The number of rotatable bonds is 2. The second-order valence-electron chi connectivity index (χ2n) is 11.7. The van der Waals surface area contributed by atoms with Crippen molar-refractivity contribution in [3.63, 3.8) is 0 Å². The SMILES string of the molecule is C[C@@H]1CCC[C@H](N2CCC(c3c(F)ccc(Cl)c3F)=CC2=O)C2CC(CCN2)C2(CCOCC2)CNC1. The molecule has 4 aliphatic rings. The first-order valence-electron chi connectivity index (χ1n) is 14.0. The van der Waals surface area contributed by atoms with Crippen LogP contribution < -0.4 is 10.6 Å². The lowest BCUT2D eigenvalue weighted by Crippen LogP contribution is -2.58. The van der Waals surface area contributed by atoms with Crippen molar-refractivity contribution >= 4 is 23.1 Å². The van der Waals surface area contributed by atoms with Gasteiger partial charge in [0.25, 0.3) is 0 Å². The van der Waals surface area contributed by atoms with E-state index < -0.39 is 11.6 Å². The molecule has 0 aliphatic carbocycles. The largest absolute Gasteiger partial charge is 0.381 e. The van der Waals surface area contributed by atoms with Gasteiger partial charge in [0.2, 0.25) is 5.91 Å². The molecule has 4 heterocycles. The molecular weight excluding hydrogens is 496 g/mol. The van der Waals surface area contributed by atoms with Crippen LogP contribution in [0.2, 0.25) is 5.02 Å². The molecule has 5 nitrogen and oxygen atoms in total. The maximum atomic E-state index is 14.7. The van der Waals surface area contributed by atoms with Gasteiger partial charge in [0.15, 0.2) is 5.82 Å². The first-order chi connectivity index (χ1) is 17.9. The first kappa shape index (κ1) is 27.0. The normalized spacial score (nSPS) is 31.4. The van der Waals surface area contributed by atoms with Crippen LogP contribution in [0.25, 0.3) is 5.57 Å². The Morgan fingerprint density at radius 1 is 1.16 bits per heavy atom. The summed E-state index contributed by atoms with van der Waals surface area (Å²) in [5.74, 6) is -0.477. The van der Waals surface area contributed by atoms with Crippen molar-refractivity contribution in [3.8, 4) is 0 Å². The van der Waals surface area contributed by atoms with Crippen LogP contribution in [0.15, 0.2) is 18.2 Å². The van der Waals surface area contributed by atoms with Crippen molar-refractivity contribution in [2.24, 2.45) is 17.3 Å². The molecular formula is C29H40ClF2N3O2. The molecule has 2 bridgehead atoms. The number of nitrogens with zero attached hydrogens (tertiary/aromatic N) is 1. The molecule has 4 aliphatic heterocycles. The fourth-order valence-corrected chi connectivity index (χ4v) is 7.39. The summed E-state index contributed by atoms with van der Waals surface area (Å²) in [6.07, 6.45) is 9.29. The Balaban J connectivity index is 1.40. The Labute approximate surface area is 224 Å². The molecule has 2 unspecified atom stereocenters. The van der Waals surface area contributed by atoms with E-state index in [0.29, 0.717) is 30.4 Å². The van der Waals surface area contributed by atoms with Crippen LogP contribution in [0.4, 0.5) is 8.78 Å². The third-order valence-electron chi connectivity index (χ3n) is 9.39. The summed E-state index contributed by atoms with van der Waals surface area (Å²) in [6.45, 7) is 7.42. The van der Waals surface area contributed by atoms with Gasteiger partial charge in [-0.05, 0) is 93.0 Å². The Kier molecular flexibility index (Phi) is 8.54. The summed E-state index contributed by atoms with van der Waals surface area (Å²) < 4.78 is 35.0. The molecule has 3 fully saturated rings. The maximum Gasteiger partial charge on any atom is 0.247 e. The van der Waals surface area contributed by atoms with Gasteiger partial charge in [-0.1, -0.05) is 24.9 Å². The molecule has 2 N–H and O–H groups in total. The van der Waals surface area contributed by atoms with Crippen molar-refractivity contribution in [2.75, 3.05) is 39.4 Å². The maximum absolute atomic E-state index is 14.7. The molecule has 5 rings (SSSR count). The standard InChI is InChI=1S/C29H40ClF2N3O2/c1-19-3-2-4-25(24-16-21(7-11-34-24)29(18-33-17-19)9-13-37-14-10-29)35-12-8-20(15-26(35)36)27-23(31)6-5-22(30)28(27)32/h5-6,15,19,21,24-25,33-34H,2-4,7-14,16-18H2,1H3/t19-,21?,24?,25+/m1/s1. The molecule has 4 atom stereocenters. The number of benzene rings is 1. The molecule has 0 saturated carbocycles. The van der Waals surface area contributed by atoms with Crippen LogP contribution in [-0.2, 0) is 9.53 Å². The fraction of sp³-hybridized carbons (Fsp3) is 0.690. The van der Waals surface area contributed by atoms with Crippen molar-refractivity contribution < 1.29 is 18.3 Å². The number of carbonyl (C=O) groups excluding carboxylic acids is 1. The highest BCUT2D eigenvalue weighted by Crippen LogP contribution is 2.44. The summed E-state index contributed by atoms with van der Waals surface area (Å²) in [4.78, 5) is 15.5. The minimum atomic E-state index is -0.790. The number of hydrogen-bond acceptors (Lipinski definition) is 4. The van der Waals surface area contributed by atoms with E-state index in [2.05, 4.69) is 17.6 Å². The predicted molar refractivity (Wildman–Crippen MR) is 142 cm³/mol. The Bertz CT molecular complexity index is 1010. The third-order valence-corrected chi connectivity index (χ3v) is 9.68. The van der Waals surface area contributed by atoms with E-state index in [4.69, 9.17) is 16.3 Å². The number of fused-ring (bicyclic) bond motifs is 3. The number of piperidine rings is 1. The number of nitrogens with one attached hydrogen (secondary N) is 2. The summed E-state index contributed by atoms with van der Waals surface area (Å²) in [5, 5.41) is 7.45. The van der Waals surface area contributed by atoms with Gasteiger partial charge in [0, 0.05) is 44.5 Å². The van der Waals surface area contributed by atoms with E-state index in [1.165, 1.54) is 18.2 Å². The summed E-state index contributed by atoms with van der Waals surface area (Å²) in [6, 6.07) is 2.66. The van der Waals surface area contributed by atoms with E-state index in [1.54, 1.807) is 0 Å². The molecule has 1 amide bonds. The van der Waals surface area contributed by atoms with Gasteiger partial charge in [-0.25, -0.2) is 8.78 Å². The van der Waals surface area contributed by atoms with Gasteiger partial charge in [-0.3, -0.25) is 4.79 Å². The van der Waals surface area contributed by atoms with Crippen LogP contribution in [0.3, 0.4) is 0 Å². The molecule has 3 saturated heterocycles. The highest BCUT2D eigenvalue weighted by atomic mass is 35.5. The summed E-state index contributed by atoms with van der Waals surface area (Å²) in [7, 11) is 0. The zero-order valence-electron chi connectivity index (χ0n) is 21.8. The van der Waals surface area contributed by atoms with Crippen molar-refractivity contribution in [1.82, 2.24) is 15.5 Å². The van der Waals surface area contributed by atoms with Crippen molar-refractivity contribution in [1.29, 1.82) is 0 Å². The second-order valence-corrected chi connectivity index (χ2v) is 12.1. The van der Waals surface area contributed by atoms with Gasteiger partial charge >= 0.3 is 0 Å². The van der Waals surface area contributed by atoms with E-state index in [0.717, 1.165) is 77.8 Å². The number of hydrogen-bond donors (Lipinski definition) is 2. The first-order valence-corrected chi connectivity index (χ1v) is 14.4. The van der Waals surface area contributed by atoms with E-state index in [9.17, 15) is 13.6 Å². The second kappa shape index (κ2) is 11.7. The highest BCUT2D eigenvalue weighted by Gasteiger charge is 2.44. The van der Waals surface area contributed by atoms with Gasteiger partial charge in [0.1, 0.15) is 5.82 Å². The lowest BCUT2D eigenvalue weighted by molar-refractivity contribution is -0.130. The summed E-state index contributed by atoms with van der Waals surface area (Å²) >= 11 is 5.93. The molecule has 1 aromatic carbocycles. The molecule has 204 valence electrons. The number of ether oxygens (including phenoxy) is 1. The van der Waals surface area contributed by atoms with E-state index in [1.807, 2.05) is 4.90 Å². The van der Waals surface area contributed by atoms with Crippen molar-refractivity contribution in [3.05, 3.63) is 40.4 Å². The zero-order chi connectivity index (χ0) is 26.0. The minimum absolute atomic E-state index is 0.0682. The molecule has 0 aromatic heterocycles. The summed E-state index contributed by atoms with van der Waals surface area (Å²) in [5.41, 5.74) is 0.461. The van der Waals surface area contributed by atoms with E-state index >= 15 is 0 Å². The molecule has 8 heteroatoms.